The zero-order valence-corrected chi connectivity index (χ0v) is 15.9. The fourth-order valence-electron chi connectivity index (χ4n) is 4.51. The summed E-state index contributed by atoms with van der Waals surface area (Å²) in [6.45, 7) is 4.33. The summed E-state index contributed by atoms with van der Waals surface area (Å²) in [4.78, 5) is 22.0. The quantitative estimate of drug-likeness (QED) is 0.841. The molecule has 1 atom stereocenters. The Kier molecular flexibility index (Phi) is 5.12. The van der Waals surface area contributed by atoms with Crippen LogP contribution in [0.3, 0.4) is 0 Å². The van der Waals surface area contributed by atoms with Crippen molar-refractivity contribution in [1.29, 1.82) is 0 Å². The van der Waals surface area contributed by atoms with Gasteiger partial charge in [-0.1, -0.05) is 18.2 Å². The number of amides is 1. The Morgan fingerprint density at radius 3 is 2.78 bits per heavy atom. The number of carbonyl (C=O) groups excluding carboxylic acids is 1. The average molecular weight is 364 g/mol. The number of nitrogens with two attached hydrogens (primary N) is 1. The molecule has 142 valence electrons. The minimum atomic E-state index is -0.327. The number of aromatic nitrogens is 2. The molecule has 4 rings (SSSR count). The van der Waals surface area contributed by atoms with E-state index in [0.29, 0.717) is 17.5 Å². The van der Waals surface area contributed by atoms with E-state index < -0.39 is 0 Å². The van der Waals surface area contributed by atoms with Crippen LogP contribution in [-0.4, -0.2) is 33.9 Å². The average Bonchev–Trinajstić information content (AvgIpc) is 3.41. The van der Waals surface area contributed by atoms with E-state index in [4.69, 9.17) is 5.73 Å². The maximum Gasteiger partial charge on any atom is 0.249 e. The second-order valence-electron chi connectivity index (χ2n) is 7.75. The molecule has 1 unspecified atom stereocenters. The lowest BCUT2D eigenvalue weighted by molar-refractivity contribution is 0.1000. The molecule has 1 saturated heterocycles. The van der Waals surface area contributed by atoms with Crippen LogP contribution in [0, 0.1) is 0 Å². The molecule has 0 bridgehead atoms. The summed E-state index contributed by atoms with van der Waals surface area (Å²) in [5, 5.41) is 0. The molecule has 1 aromatic heterocycles. The van der Waals surface area contributed by atoms with Gasteiger partial charge in [0.15, 0.2) is 0 Å². The minimum absolute atomic E-state index is 0.317. The lowest BCUT2D eigenvalue weighted by atomic mass is 9.85. The molecule has 2 aromatic rings. The first-order chi connectivity index (χ1) is 13.1. The molecule has 1 aliphatic heterocycles. The number of nitrogens with zero attached hydrogens (tertiary/aromatic N) is 2. The first-order valence-electron chi connectivity index (χ1n) is 10.00. The molecule has 0 saturated carbocycles. The van der Waals surface area contributed by atoms with Gasteiger partial charge in [0, 0.05) is 18.0 Å². The predicted molar refractivity (Wildman–Crippen MR) is 107 cm³/mol. The summed E-state index contributed by atoms with van der Waals surface area (Å²) in [7, 11) is 0. The van der Waals surface area contributed by atoms with E-state index in [2.05, 4.69) is 40.0 Å². The fraction of sp³-hybridized carbons (Fsp3) is 0.455. The van der Waals surface area contributed by atoms with Gasteiger partial charge < -0.3 is 10.7 Å². The zero-order chi connectivity index (χ0) is 18.8. The Morgan fingerprint density at radius 2 is 2.15 bits per heavy atom. The number of benzene rings is 1. The Morgan fingerprint density at radius 1 is 1.33 bits per heavy atom. The molecule has 1 aliphatic carbocycles. The summed E-state index contributed by atoms with van der Waals surface area (Å²) in [5.74, 6) is 1.24. The van der Waals surface area contributed by atoms with Gasteiger partial charge in [-0.2, -0.15) is 0 Å². The van der Waals surface area contributed by atoms with Gasteiger partial charge in [0.1, 0.15) is 5.82 Å². The van der Waals surface area contributed by atoms with Crippen molar-refractivity contribution in [3.63, 3.8) is 0 Å². The summed E-state index contributed by atoms with van der Waals surface area (Å²) < 4.78 is 0. The lowest BCUT2D eigenvalue weighted by Crippen LogP contribution is -2.35. The lowest BCUT2D eigenvalue weighted by Gasteiger charge is -2.35. The minimum Gasteiger partial charge on any atom is -0.366 e. The second kappa shape index (κ2) is 7.69. The summed E-state index contributed by atoms with van der Waals surface area (Å²) in [6, 6.07) is 6.59. The van der Waals surface area contributed by atoms with Crippen molar-refractivity contribution in [2.75, 3.05) is 13.1 Å². The Labute approximate surface area is 160 Å². The number of aromatic amines is 1. The van der Waals surface area contributed by atoms with Crippen molar-refractivity contribution in [1.82, 2.24) is 14.9 Å². The van der Waals surface area contributed by atoms with E-state index in [9.17, 15) is 4.79 Å². The van der Waals surface area contributed by atoms with Gasteiger partial charge >= 0.3 is 0 Å². The van der Waals surface area contributed by atoms with E-state index in [1.165, 1.54) is 17.6 Å². The highest BCUT2D eigenvalue weighted by molar-refractivity contribution is 5.98. The van der Waals surface area contributed by atoms with Crippen LogP contribution in [0.25, 0.3) is 5.57 Å². The topological polar surface area (TPSA) is 75.0 Å². The number of hydrogen-bond donors (Lipinski definition) is 2. The molecular weight excluding hydrogens is 336 g/mol. The van der Waals surface area contributed by atoms with Crippen LogP contribution in [0.2, 0.25) is 0 Å². The molecule has 2 aliphatic rings. The predicted octanol–water partition coefficient (Wildman–Crippen LogP) is 4.02. The fourth-order valence-corrected chi connectivity index (χ4v) is 4.51. The molecule has 0 spiro atoms. The molecule has 5 nitrogen and oxygen atoms in total. The number of nitrogens with one attached hydrogen (secondary N) is 1. The highest BCUT2D eigenvalue weighted by atomic mass is 16.1. The van der Waals surface area contributed by atoms with Gasteiger partial charge in [0.05, 0.1) is 6.04 Å². The van der Waals surface area contributed by atoms with E-state index >= 15 is 0 Å². The van der Waals surface area contributed by atoms with E-state index in [1.54, 1.807) is 0 Å². The van der Waals surface area contributed by atoms with E-state index in [0.717, 1.165) is 50.2 Å². The van der Waals surface area contributed by atoms with Crippen LogP contribution in [-0.2, 0) is 0 Å². The second-order valence-corrected chi connectivity index (χ2v) is 7.75. The molecule has 0 radical (unpaired) electrons. The molecule has 27 heavy (non-hydrogen) atoms. The van der Waals surface area contributed by atoms with Gasteiger partial charge in [0.25, 0.3) is 0 Å². The van der Waals surface area contributed by atoms with Crippen molar-refractivity contribution in [3.8, 4) is 0 Å². The molecule has 1 aromatic carbocycles. The highest BCUT2D eigenvalue weighted by Crippen LogP contribution is 2.36. The summed E-state index contributed by atoms with van der Waals surface area (Å²) in [5.41, 5.74) is 9.98. The van der Waals surface area contributed by atoms with Gasteiger partial charge in [0.2, 0.25) is 5.91 Å². The van der Waals surface area contributed by atoms with Gasteiger partial charge in [-0.25, -0.2) is 4.98 Å². The number of carbonyl (C=O) groups is 1. The molecular formula is C22H28N4O. The van der Waals surface area contributed by atoms with Gasteiger partial charge in [-0.05, 0) is 80.8 Å². The number of hydrogen-bond acceptors (Lipinski definition) is 3. The molecule has 1 fully saturated rings. The SMILES string of the molecule is CC(c1ncc[nH]1)N1CCC(c2ccc(C(N)=O)c(C3=CCCC3)c2)CC1. The number of likely N-dealkylation sites (tertiary alicyclic amines) is 1. The number of imidazole rings is 1. The number of primary amides is 1. The summed E-state index contributed by atoms with van der Waals surface area (Å²) >= 11 is 0. The Bertz CT molecular complexity index is 832. The monoisotopic (exact) mass is 364 g/mol. The van der Waals surface area contributed by atoms with Crippen molar-refractivity contribution in [2.45, 2.75) is 51.0 Å². The maximum absolute atomic E-state index is 11.9. The van der Waals surface area contributed by atoms with Gasteiger partial charge in [-0.3, -0.25) is 9.69 Å². The number of allylic oxidation sites excluding steroid dienone is 2. The number of H-pyrrole nitrogens is 1. The normalized spacial score (nSPS) is 19.8. The molecule has 3 N–H and O–H groups in total. The summed E-state index contributed by atoms with van der Waals surface area (Å²) in [6.07, 6.45) is 11.5. The Balaban J connectivity index is 1.50. The third kappa shape index (κ3) is 3.69. The first-order valence-corrected chi connectivity index (χ1v) is 10.00. The Hall–Kier alpha value is -2.40. The van der Waals surface area contributed by atoms with Crippen LogP contribution in [0.1, 0.15) is 78.3 Å². The van der Waals surface area contributed by atoms with Crippen molar-refractivity contribution < 1.29 is 4.79 Å². The van der Waals surface area contributed by atoms with Crippen LogP contribution in [0.15, 0.2) is 36.7 Å². The van der Waals surface area contributed by atoms with Crippen molar-refractivity contribution >= 4 is 11.5 Å². The highest BCUT2D eigenvalue weighted by Gasteiger charge is 2.26. The first kappa shape index (κ1) is 18.0. The third-order valence-corrected chi connectivity index (χ3v) is 6.16. The van der Waals surface area contributed by atoms with Crippen LogP contribution < -0.4 is 5.73 Å². The van der Waals surface area contributed by atoms with Crippen molar-refractivity contribution in [3.05, 3.63) is 59.2 Å². The molecule has 2 heterocycles. The number of piperidine rings is 1. The van der Waals surface area contributed by atoms with Crippen LogP contribution >= 0.6 is 0 Å². The largest absolute Gasteiger partial charge is 0.366 e. The maximum atomic E-state index is 11.9. The zero-order valence-electron chi connectivity index (χ0n) is 15.9. The van der Waals surface area contributed by atoms with E-state index in [1.807, 2.05) is 18.5 Å². The third-order valence-electron chi connectivity index (χ3n) is 6.16. The van der Waals surface area contributed by atoms with Gasteiger partial charge in [-0.15, -0.1) is 0 Å². The molecule has 5 heteroatoms. The van der Waals surface area contributed by atoms with Crippen molar-refractivity contribution in [2.24, 2.45) is 5.73 Å². The molecule has 1 amide bonds. The van der Waals surface area contributed by atoms with Crippen LogP contribution in [0.4, 0.5) is 0 Å². The smallest absolute Gasteiger partial charge is 0.249 e. The van der Waals surface area contributed by atoms with E-state index in [-0.39, 0.29) is 5.91 Å². The number of rotatable bonds is 5. The standard InChI is InChI=1S/C22H28N4O/c1-15(22-24-10-11-25-22)26-12-8-16(9-13-26)18-6-7-19(21(23)27)20(14-18)17-4-2-3-5-17/h4,6-7,10-11,14-16H,2-3,5,8-9,12-13H2,1H3,(H2,23,27)(H,24,25). The van der Waals surface area contributed by atoms with Crippen LogP contribution in [0.5, 0.6) is 0 Å².